The van der Waals surface area contributed by atoms with Gasteiger partial charge >= 0.3 is 0 Å². The van der Waals surface area contributed by atoms with Crippen LogP contribution >= 0.6 is 11.8 Å². The number of thioether (sulfide) groups is 1. The molecule has 1 unspecified atom stereocenters. The molecular weight excluding hydrogens is 208 g/mol. The molecule has 15 heavy (non-hydrogen) atoms. The van der Waals surface area contributed by atoms with Crippen LogP contribution in [0.4, 0.5) is 0 Å². The molecule has 0 aromatic heterocycles. The quantitative estimate of drug-likeness (QED) is 0.690. The number of carbonyl (C=O) groups is 1. The summed E-state index contributed by atoms with van der Waals surface area (Å²) in [5.74, 6) is 4.77. The Balaban J connectivity index is 2.24. The molecule has 0 bridgehead atoms. The van der Waals surface area contributed by atoms with E-state index in [1.54, 1.807) is 0 Å². The maximum Gasteiger partial charge on any atom is 0.237 e. The first-order valence-electron chi connectivity index (χ1n) is 5.29. The van der Waals surface area contributed by atoms with Gasteiger partial charge in [0.1, 0.15) is 0 Å². The van der Waals surface area contributed by atoms with E-state index in [1.165, 1.54) is 11.5 Å². The van der Waals surface area contributed by atoms with Crippen molar-refractivity contribution in [3.63, 3.8) is 0 Å². The third kappa shape index (κ3) is 4.59. The molecular formula is C11H18N2OS. The summed E-state index contributed by atoms with van der Waals surface area (Å²) in [7, 11) is 0. The van der Waals surface area contributed by atoms with E-state index in [4.69, 9.17) is 6.42 Å². The lowest BCUT2D eigenvalue weighted by Gasteiger charge is -2.25. The fourth-order valence-electron chi connectivity index (χ4n) is 1.58. The number of nitrogens with one attached hydrogen (secondary N) is 2. The van der Waals surface area contributed by atoms with Crippen molar-refractivity contribution in [2.24, 2.45) is 0 Å². The molecule has 84 valence electrons. The van der Waals surface area contributed by atoms with Crippen LogP contribution in [0.3, 0.4) is 0 Å². The zero-order chi connectivity index (χ0) is 11.1. The highest BCUT2D eigenvalue weighted by molar-refractivity contribution is 7.99. The topological polar surface area (TPSA) is 41.1 Å². The van der Waals surface area contributed by atoms with Crippen LogP contribution in [0.25, 0.3) is 0 Å². The van der Waals surface area contributed by atoms with Crippen molar-refractivity contribution in [1.82, 2.24) is 10.6 Å². The highest BCUT2D eigenvalue weighted by Gasteiger charge is 2.19. The molecule has 0 aromatic rings. The Morgan fingerprint density at radius 2 is 2.27 bits per heavy atom. The van der Waals surface area contributed by atoms with Gasteiger partial charge in [-0.2, -0.15) is 11.8 Å². The molecule has 1 rings (SSSR count). The SMILES string of the molecule is C#CCNC(=O)C(C)NC1CCSCC1. The highest BCUT2D eigenvalue weighted by atomic mass is 32.2. The van der Waals surface area contributed by atoms with Crippen molar-refractivity contribution < 1.29 is 4.79 Å². The van der Waals surface area contributed by atoms with E-state index in [0.29, 0.717) is 12.6 Å². The second-order valence-electron chi connectivity index (χ2n) is 3.70. The lowest BCUT2D eigenvalue weighted by atomic mass is 10.1. The summed E-state index contributed by atoms with van der Waals surface area (Å²) in [6.07, 6.45) is 7.37. The lowest BCUT2D eigenvalue weighted by Crippen LogP contribution is -2.47. The Morgan fingerprint density at radius 1 is 1.60 bits per heavy atom. The van der Waals surface area contributed by atoms with Crippen LogP contribution in [0.15, 0.2) is 0 Å². The summed E-state index contributed by atoms with van der Waals surface area (Å²) in [6.45, 7) is 2.19. The normalized spacial score (nSPS) is 19.2. The van der Waals surface area contributed by atoms with E-state index in [2.05, 4.69) is 16.6 Å². The lowest BCUT2D eigenvalue weighted by molar-refractivity contribution is -0.122. The summed E-state index contributed by atoms with van der Waals surface area (Å²) in [5, 5.41) is 6.01. The first-order valence-corrected chi connectivity index (χ1v) is 6.44. The fourth-order valence-corrected chi connectivity index (χ4v) is 2.69. The van der Waals surface area contributed by atoms with Crippen molar-refractivity contribution in [1.29, 1.82) is 0 Å². The molecule has 4 heteroatoms. The van der Waals surface area contributed by atoms with Gasteiger partial charge in [0.15, 0.2) is 0 Å². The molecule has 1 fully saturated rings. The van der Waals surface area contributed by atoms with Crippen molar-refractivity contribution in [2.75, 3.05) is 18.1 Å². The van der Waals surface area contributed by atoms with E-state index in [-0.39, 0.29) is 11.9 Å². The zero-order valence-corrected chi connectivity index (χ0v) is 9.90. The first-order chi connectivity index (χ1) is 7.24. The summed E-state index contributed by atoms with van der Waals surface area (Å²) < 4.78 is 0. The smallest absolute Gasteiger partial charge is 0.237 e. The van der Waals surface area contributed by atoms with Crippen LogP contribution in [0.5, 0.6) is 0 Å². The molecule has 0 saturated carbocycles. The first kappa shape index (κ1) is 12.4. The predicted molar refractivity (Wildman–Crippen MR) is 64.8 cm³/mol. The van der Waals surface area contributed by atoms with E-state index in [0.717, 1.165) is 12.8 Å². The Kier molecular flexibility index (Phi) is 5.59. The Hall–Kier alpha value is -0.660. The average molecular weight is 226 g/mol. The zero-order valence-electron chi connectivity index (χ0n) is 9.08. The molecule has 0 radical (unpaired) electrons. The van der Waals surface area contributed by atoms with Crippen molar-refractivity contribution in [3.8, 4) is 12.3 Å². The van der Waals surface area contributed by atoms with Crippen molar-refractivity contribution in [3.05, 3.63) is 0 Å². The number of carbonyl (C=O) groups excluding carboxylic acids is 1. The molecule has 1 amide bonds. The second-order valence-corrected chi connectivity index (χ2v) is 4.92. The van der Waals surface area contributed by atoms with Gasteiger partial charge in [0.05, 0.1) is 12.6 Å². The van der Waals surface area contributed by atoms with Gasteiger partial charge in [0.2, 0.25) is 5.91 Å². The van der Waals surface area contributed by atoms with Crippen LogP contribution < -0.4 is 10.6 Å². The summed E-state index contributed by atoms with van der Waals surface area (Å²) in [6, 6.07) is 0.337. The molecule has 0 aromatic carbocycles. The van der Waals surface area contributed by atoms with E-state index in [1.807, 2.05) is 18.7 Å². The van der Waals surface area contributed by atoms with E-state index >= 15 is 0 Å². The average Bonchev–Trinajstić information content (AvgIpc) is 2.27. The monoisotopic (exact) mass is 226 g/mol. The van der Waals surface area contributed by atoms with Crippen molar-refractivity contribution in [2.45, 2.75) is 31.8 Å². The number of hydrogen-bond donors (Lipinski definition) is 2. The Bertz CT molecular complexity index is 243. The highest BCUT2D eigenvalue weighted by Crippen LogP contribution is 2.17. The molecule has 1 aliphatic rings. The summed E-state index contributed by atoms with van der Waals surface area (Å²) >= 11 is 1.98. The maximum absolute atomic E-state index is 11.5. The molecule has 1 atom stereocenters. The Labute approximate surface area is 95.8 Å². The van der Waals surface area contributed by atoms with Gasteiger partial charge in [-0.25, -0.2) is 0 Å². The van der Waals surface area contributed by atoms with Crippen LogP contribution in [0.2, 0.25) is 0 Å². The van der Waals surface area contributed by atoms with Crippen LogP contribution in [0.1, 0.15) is 19.8 Å². The summed E-state index contributed by atoms with van der Waals surface area (Å²) in [4.78, 5) is 11.5. The number of terminal acetylenes is 1. The van der Waals surface area contributed by atoms with Gasteiger partial charge in [-0.05, 0) is 31.3 Å². The molecule has 3 nitrogen and oxygen atoms in total. The van der Waals surface area contributed by atoms with E-state index in [9.17, 15) is 4.79 Å². The molecule has 2 N–H and O–H groups in total. The third-order valence-corrected chi connectivity index (χ3v) is 3.51. The van der Waals surface area contributed by atoms with E-state index < -0.39 is 0 Å². The maximum atomic E-state index is 11.5. The van der Waals surface area contributed by atoms with Gasteiger partial charge in [-0.1, -0.05) is 5.92 Å². The van der Waals surface area contributed by atoms with Crippen molar-refractivity contribution >= 4 is 17.7 Å². The van der Waals surface area contributed by atoms with Gasteiger partial charge in [0.25, 0.3) is 0 Å². The van der Waals surface area contributed by atoms with Gasteiger partial charge < -0.3 is 10.6 Å². The second kappa shape index (κ2) is 6.76. The number of amides is 1. The van der Waals surface area contributed by atoms with Gasteiger partial charge in [0, 0.05) is 6.04 Å². The van der Waals surface area contributed by atoms with Crippen LogP contribution in [-0.4, -0.2) is 36.0 Å². The minimum absolute atomic E-state index is 0.00817. The molecule has 1 saturated heterocycles. The molecule has 1 aliphatic heterocycles. The third-order valence-electron chi connectivity index (χ3n) is 2.46. The molecule has 1 heterocycles. The molecule has 0 spiro atoms. The summed E-state index contributed by atoms with van der Waals surface area (Å²) in [5.41, 5.74) is 0. The number of hydrogen-bond acceptors (Lipinski definition) is 3. The standard InChI is InChI=1S/C11H18N2OS/c1-3-6-12-11(14)9(2)13-10-4-7-15-8-5-10/h1,9-10,13H,4-8H2,2H3,(H,12,14). The number of rotatable bonds is 4. The minimum atomic E-state index is -0.147. The van der Waals surface area contributed by atoms with Gasteiger partial charge in [-0.3, -0.25) is 4.79 Å². The van der Waals surface area contributed by atoms with Gasteiger partial charge in [-0.15, -0.1) is 6.42 Å². The van der Waals surface area contributed by atoms with Crippen LogP contribution in [0, 0.1) is 12.3 Å². The molecule has 0 aliphatic carbocycles. The minimum Gasteiger partial charge on any atom is -0.344 e. The predicted octanol–water partition coefficient (Wildman–Crippen LogP) is 0.609. The largest absolute Gasteiger partial charge is 0.344 e. The van der Waals surface area contributed by atoms with Crippen LogP contribution in [-0.2, 0) is 4.79 Å². The fraction of sp³-hybridized carbons (Fsp3) is 0.727. The Morgan fingerprint density at radius 3 is 2.87 bits per heavy atom.